The molecule has 0 saturated heterocycles. The fraction of sp³-hybridized carbons (Fsp3) is 0.692. The Morgan fingerprint density at radius 2 is 1.94 bits per heavy atom. The Balaban J connectivity index is 3.75. The van der Waals surface area contributed by atoms with E-state index < -0.39 is 11.9 Å². The quantitative estimate of drug-likeness (QED) is 0.453. The van der Waals surface area contributed by atoms with Crippen molar-refractivity contribution in [2.45, 2.75) is 33.1 Å². The minimum absolute atomic E-state index is 0.0153. The van der Waals surface area contributed by atoms with E-state index in [0.717, 1.165) is 12.8 Å². The van der Waals surface area contributed by atoms with Crippen molar-refractivity contribution < 1.29 is 14.7 Å². The Hall–Kier alpha value is -1.70. The number of carboxylic acids is 1. The van der Waals surface area contributed by atoms with E-state index in [1.807, 2.05) is 13.8 Å². The molecule has 0 fully saturated rings. The molecule has 0 aliphatic heterocycles. The molecule has 102 valence electrons. The normalized spacial score (nSPS) is 11.7. The van der Waals surface area contributed by atoms with E-state index in [9.17, 15) is 9.59 Å². The monoisotopic (exact) mass is 254 g/mol. The first-order valence-corrected chi connectivity index (χ1v) is 6.17. The SMILES string of the molecule is C#CCCCCNC(=O)NCC(C(=O)O)C(C)C. The van der Waals surface area contributed by atoms with Gasteiger partial charge in [-0.25, -0.2) is 4.79 Å². The number of carbonyl (C=O) groups is 2. The molecule has 18 heavy (non-hydrogen) atoms. The van der Waals surface area contributed by atoms with Crippen LogP contribution < -0.4 is 10.6 Å². The summed E-state index contributed by atoms with van der Waals surface area (Å²) in [5.41, 5.74) is 0. The van der Waals surface area contributed by atoms with Crippen LogP contribution in [0.15, 0.2) is 0 Å². The molecular formula is C13H22N2O3. The number of urea groups is 1. The van der Waals surface area contributed by atoms with Crippen LogP contribution in [0.4, 0.5) is 4.79 Å². The molecule has 0 rings (SSSR count). The lowest BCUT2D eigenvalue weighted by atomic mass is 9.96. The molecule has 0 aromatic heterocycles. The van der Waals surface area contributed by atoms with Crippen molar-refractivity contribution in [2.24, 2.45) is 11.8 Å². The van der Waals surface area contributed by atoms with Gasteiger partial charge in [-0.1, -0.05) is 13.8 Å². The molecule has 0 saturated carbocycles. The van der Waals surface area contributed by atoms with Gasteiger partial charge in [0.15, 0.2) is 0 Å². The highest BCUT2D eigenvalue weighted by molar-refractivity contribution is 5.75. The predicted octanol–water partition coefficient (Wildman–Crippen LogP) is 1.45. The summed E-state index contributed by atoms with van der Waals surface area (Å²) in [6.07, 6.45) is 7.51. The van der Waals surface area contributed by atoms with Crippen molar-refractivity contribution in [3.05, 3.63) is 0 Å². The van der Waals surface area contributed by atoms with Crippen molar-refractivity contribution in [1.29, 1.82) is 0 Å². The zero-order chi connectivity index (χ0) is 14.0. The molecule has 2 amide bonds. The van der Waals surface area contributed by atoms with Crippen molar-refractivity contribution in [3.8, 4) is 12.3 Å². The largest absolute Gasteiger partial charge is 0.481 e. The summed E-state index contributed by atoms with van der Waals surface area (Å²) in [6.45, 7) is 4.33. The first-order chi connectivity index (χ1) is 8.49. The fourth-order valence-corrected chi connectivity index (χ4v) is 1.43. The van der Waals surface area contributed by atoms with Gasteiger partial charge in [0.2, 0.25) is 0 Å². The van der Waals surface area contributed by atoms with Gasteiger partial charge < -0.3 is 15.7 Å². The zero-order valence-corrected chi connectivity index (χ0v) is 11.0. The second-order valence-corrected chi connectivity index (χ2v) is 4.49. The number of nitrogens with one attached hydrogen (secondary N) is 2. The molecule has 1 atom stereocenters. The number of amides is 2. The minimum Gasteiger partial charge on any atom is -0.481 e. The molecule has 0 radical (unpaired) electrons. The highest BCUT2D eigenvalue weighted by Gasteiger charge is 2.21. The highest BCUT2D eigenvalue weighted by Crippen LogP contribution is 2.09. The van der Waals surface area contributed by atoms with Crippen LogP contribution >= 0.6 is 0 Å². The van der Waals surface area contributed by atoms with E-state index in [2.05, 4.69) is 16.6 Å². The number of hydrogen-bond acceptors (Lipinski definition) is 2. The molecule has 5 heteroatoms. The summed E-state index contributed by atoms with van der Waals surface area (Å²) in [4.78, 5) is 22.3. The van der Waals surface area contributed by atoms with Crippen LogP contribution in [0.1, 0.15) is 33.1 Å². The van der Waals surface area contributed by atoms with E-state index in [-0.39, 0.29) is 18.5 Å². The number of aliphatic carboxylic acids is 1. The molecule has 0 bridgehead atoms. The van der Waals surface area contributed by atoms with Gasteiger partial charge in [0.1, 0.15) is 0 Å². The maximum atomic E-state index is 11.4. The second-order valence-electron chi connectivity index (χ2n) is 4.49. The van der Waals surface area contributed by atoms with Crippen molar-refractivity contribution in [3.63, 3.8) is 0 Å². The Morgan fingerprint density at radius 3 is 2.44 bits per heavy atom. The summed E-state index contributed by atoms with van der Waals surface area (Å²) in [5.74, 6) is 1.06. The lowest BCUT2D eigenvalue weighted by Gasteiger charge is -2.16. The Morgan fingerprint density at radius 1 is 1.28 bits per heavy atom. The molecular weight excluding hydrogens is 232 g/mol. The van der Waals surface area contributed by atoms with Crippen LogP contribution in [0.2, 0.25) is 0 Å². The van der Waals surface area contributed by atoms with Gasteiger partial charge in [-0.2, -0.15) is 0 Å². The van der Waals surface area contributed by atoms with Crippen LogP contribution in [0, 0.1) is 24.2 Å². The van der Waals surface area contributed by atoms with Gasteiger partial charge in [-0.15, -0.1) is 12.3 Å². The number of carboxylic acid groups (broad SMARTS) is 1. The molecule has 1 unspecified atom stereocenters. The van der Waals surface area contributed by atoms with Crippen LogP contribution in [0.25, 0.3) is 0 Å². The highest BCUT2D eigenvalue weighted by atomic mass is 16.4. The summed E-state index contributed by atoms with van der Waals surface area (Å²) in [6, 6.07) is -0.331. The molecule has 0 aromatic rings. The van der Waals surface area contributed by atoms with Crippen LogP contribution in [0.3, 0.4) is 0 Å². The topological polar surface area (TPSA) is 78.4 Å². The van der Waals surface area contributed by atoms with Crippen LogP contribution in [-0.2, 0) is 4.79 Å². The number of carbonyl (C=O) groups excluding carboxylic acids is 1. The Labute approximate surface area is 108 Å². The Bertz CT molecular complexity index is 308. The number of unbranched alkanes of at least 4 members (excludes halogenated alkanes) is 2. The maximum Gasteiger partial charge on any atom is 0.314 e. The molecule has 0 aliphatic carbocycles. The van der Waals surface area contributed by atoms with E-state index in [1.54, 1.807) is 0 Å². The first-order valence-electron chi connectivity index (χ1n) is 6.17. The van der Waals surface area contributed by atoms with Crippen LogP contribution in [0.5, 0.6) is 0 Å². The minimum atomic E-state index is -0.890. The third kappa shape index (κ3) is 7.55. The average Bonchev–Trinajstić information content (AvgIpc) is 2.28. The molecule has 0 aliphatic rings. The third-order valence-corrected chi connectivity index (χ3v) is 2.64. The van der Waals surface area contributed by atoms with Gasteiger partial charge in [-0.3, -0.25) is 4.79 Å². The smallest absolute Gasteiger partial charge is 0.314 e. The summed E-state index contributed by atoms with van der Waals surface area (Å²) in [5, 5.41) is 14.2. The molecule has 5 nitrogen and oxygen atoms in total. The first kappa shape index (κ1) is 16.3. The van der Waals surface area contributed by atoms with Crippen molar-refractivity contribution in [2.75, 3.05) is 13.1 Å². The predicted molar refractivity (Wildman–Crippen MR) is 70.0 cm³/mol. The maximum absolute atomic E-state index is 11.4. The van der Waals surface area contributed by atoms with Crippen molar-refractivity contribution >= 4 is 12.0 Å². The van der Waals surface area contributed by atoms with E-state index in [1.165, 1.54) is 0 Å². The lowest BCUT2D eigenvalue weighted by molar-refractivity contribution is -0.142. The van der Waals surface area contributed by atoms with Crippen LogP contribution in [-0.4, -0.2) is 30.2 Å². The second kappa shape index (κ2) is 9.34. The van der Waals surface area contributed by atoms with E-state index in [0.29, 0.717) is 13.0 Å². The van der Waals surface area contributed by atoms with Gasteiger partial charge in [0.05, 0.1) is 5.92 Å². The van der Waals surface area contributed by atoms with Crippen molar-refractivity contribution in [1.82, 2.24) is 10.6 Å². The summed E-state index contributed by atoms with van der Waals surface area (Å²) >= 11 is 0. The molecule has 3 N–H and O–H groups in total. The molecule has 0 spiro atoms. The van der Waals surface area contributed by atoms with E-state index in [4.69, 9.17) is 11.5 Å². The average molecular weight is 254 g/mol. The van der Waals surface area contributed by atoms with E-state index >= 15 is 0 Å². The Kier molecular flexibility index (Phi) is 8.46. The lowest BCUT2D eigenvalue weighted by Crippen LogP contribution is -2.41. The molecule has 0 heterocycles. The zero-order valence-electron chi connectivity index (χ0n) is 11.0. The fourth-order valence-electron chi connectivity index (χ4n) is 1.43. The number of hydrogen-bond donors (Lipinski definition) is 3. The van der Waals surface area contributed by atoms with Gasteiger partial charge in [-0.05, 0) is 18.8 Å². The summed E-state index contributed by atoms with van der Waals surface area (Å²) in [7, 11) is 0. The number of rotatable bonds is 8. The van der Waals surface area contributed by atoms with Gasteiger partial charge >= 0.3 is 12.0 Å². The van der Waals surface area contributed by atoms with Gasteiger partial charge in [0, 0.05) is 19.5 Å². The molecule has 0 aromatic carbocycles. The summed E-state index contributed by atoms with van der Waals surface area (Å²) < 4.78 is 0. The third-order valence-electron chi connectivity index (χ3n) is 2.64. The number of terminal acetylenes is 1. The van der Waals surface area contributed by atoms with Gasteiger partial charge in [0.25, 0.3) is 0 Å². The standard InChI is InChI=1S/C13H22N2O3/c1-4-5-6-7-8-14-13(18)15-9-11(10(2)3)12(16)17/h1,10-11H,5-9H2,2-3H3,(H,16,17)(H2,14,15,18).